The van der Waals surface area contributed by atoms with Crippen LogP contribution in [-0.4, -0.2) is 46.7 Å². The smallest absolute Gasteiger partial charge is 0.329 e. The zero-order valence-electron chi connectivity index (χ0n) is 16.8. The number of hydrogen-bond acceptors (Lipinski definition) is 5. The largest absolute Gasteiger partial charge is 0.378 e. The van der Waals surface area contributed by atoms with Crippen LogP contribution in [0.4, 0.5) is 0 Å². The summed E-state index contributed by atoms with van der Waals surface area (Å²) in [6, 6.07) is 5.29. The van der Waals surface area contributed by atoms with Crippen LogP contribution in [0.15, 0.2) is 23.0 Å². The van der Waals surface area contributed by atoms with Crippen molar-refractivity contribution in [1.29, 1.82) is 0 Å². The summed E-state index contributed by atoms with van der Waals surface area (Å²) in [7, 11) is 1.72. The van der Waals surface area contributed by atoms with E-state index in [0.717, 1.165) is 62.0 Å². The van der Waals surface area contributed by atoms with Crippen molar-refractivity contribution in [2.45, 2.75) is 50.7 Å². The predicted octanol–water partition coefficient (Wildman–Crippen LogP) is 1.02. The van der Waals surface area contributed by atoms with Crippen LogP contribution < -0.4 is 16.3 Å². The summed E-state index contributed by atoms with van der Waals surface area (Å²) < 4.78 is 9.06. The number of carbonyl (C=O) groups is 2. The molecule has 2 N–H and O–H groups in total. The molecule has 1 aromatic heterocycles. The van der Waals surface area contributed by atoms with Crippen molar-refractivity contribution in [1.82, 2.24) is 19.8 Å². The van der Waals surface area contributed by atoms with Gasteiger partial charge in [0.25, 0.3) is 0 Å². The fourth-order valence-corrected chi connectivity index (χ4v) is 4.28. The second kappa shape index (κ2) is 8.51. The van der Waals surface area contributed by atoms with Crippen LogP contribution in [0.2, 0.25) is 0 Å². The minimum absolute atomic E-state index is 0.235. The van der Waals surface area contributed by atoms with Gasteiger partial charge in [-0.3, -0.25) is 24.0 Å². The highest BCUT2D eigenvalue weighted by Crippen LogP contribution is 2.24. The van der Waals surface area contributed by atoms with E-state index in [0.29, 0.717) is 12.5 Å². The van der Waals surface area contributed by atoms with Crippen molar-refractivity contribution >= 4 is 22.8 Å². The molecule has 2 aliphatic heterocycles. The van der Waals surface area contributed by atoms with Crippen LogP contribution >= 0.6 is 0 Å². The van der Waals surface area contributed by atoms with Crippen LogP contribution in [0.25, 0.3) is 11.0 Å². The van der Waals surface area contributed by atoms with E-state index in [1.807, 2.05) is 18.2 Å². The highest BCUT2D eigenvalue weighted by Gasteiger charge is 2.31. The fourth-order valence-electron chi connectivity index (χ4n) is 4.28. The Morgan fingerprint density at radius 2 is 1.90 bits per heavy atom. The lowest BCUT2D eigenvalue weighted by molar-refractivity contribution is -0.135. The fraction of sp³-hybridized carbons (Fsp3) is 0.571. The van der Waals surface area contributed by atoms with Gasteiger partial charge in [-0.05, 0) is 62.9 Å². The molecule has 29 heavy (non-hydrogen) atoms. The average molecular weight is 400 g/mol. The number of carbonyl (C=O) groups excluding carboxylic acids is 2. The van der Waals surface area contributed by atoms with Crippen molar-refractivity contribution in [3.8, 4) is 0 Å². The molecule has 0 aliphatic carbocycles. The lowest BCUT2D eigenvalue weighted by atomic mass is 10.1. The third kappa shape index (κ3) is 4.13. The van der Waals surface area contributed by atoms with E-state index in [2.05, 4.69) is 10.6 Å². The van der Waals surface area contributed by atoms with Gasteiger partial charge in [-0.2, -0.15) is 0 Å². The number of imidazole rings is 1. The van der Waals surface area contributed by atoms with Gasteiger partial charge in [0, 0.05) is 20.1 Å². The third-order valence-electron chi connectivity index (χ3n) is 5.93. The van der Waals surface area contributed by atoms with Gasteiger partial charge in [-0.15, -0.1) is 0 Å². The second-order valence-corrected chi connectivity index (χ2v) is 7.93. The number of aryl methyl sites for hydroxylation is 2. The second-order valence-electron chi connectivity index (χ2n) is 7.93. The first-order valence-corrected chi connectivity index (χ1v) is 10.4. The van der Waals surface area contributed by atoms with Crippen molar-refractivity contribution < 1.29 is 14.3 Å². The topological polar surface area (TPSA) is 94.4 Å². The number of nitrogens with one attached hydrogen (secondary N) is 2. The van der Waals surface area contributed by atoms with Gasteiger partial charge >= 0.3 is 5.69 Å². The number of nitrogens with zero attached hydrogens (tertiary/aromatic N) is 2. The Morgan fingerprint density at radius 3 is 2.66 bits per heavy atom. The predicted molar refractivity (Wildman–Crippen MR) is 109 cm³/mol. The Kier molecular flexibility index (Phi) is 5.82. The Balaban J connectivity index is 1.46. The molecule has 2 amide bonds. The summed E-state index contributed by atoms with van der Waals surface area (Å²) in [4.78, 5) is 36.5. The monoisotopic (exact) mass is 400 g/mol. The van der Waals surface area contributed by atoms with Gasteiger partial charge in [-0.1, -0.05) is 6.07 Å². The van der Waals surface area contributed by atoms with E-state index in [1.54, 1.807) is 11.6 Å². The Labute approximate surface area is 169 Å². The van der Waals surface area contributed by atoms with Gasteiger partial charge in [-0.25, -0.2) is 4.79 Å². The molecule has 0 saturated carbocycles. The number of hydrogen-bond donors (Lipinski definition) is 2. The van der Waals surface area contributed by atoms with E-state index in [4.69, 9.17) is 4.74 Å². The molecule has 1 aromatic carbocycles. The Hall–Kier alpha value is -2.45. The van der Waals surface area contributed by atoms with E-state index in [-0.39, 0.29) is 18.0 Å². The normalized spacial score (nSPS) is 20.9. The van der Waals surface area contributed by atoms with Crippen molar-refractivity contribution in [3.05, 3.63) is 34.2 Å². The molecule has 2 fully saturated rings. The summed E-state index contributed by atoms with van der Waals surface area (Å²) in [5.74, 6) is -0.691. The highest BCUT2D eigenvalue weighted by atomic mass is 16.5. The van der Waals surface area contributed by atoms with Crippen LogP contribution in [0.3, 0.4) is 0 Å². The van der Waals surface area contributed by atoms with Crippen LogP contribution in [0, 0.1) is 0 Å². The molecule has 1 unspecified atom stereocenters. The van der Waals surface area contributed by atoms with E-state index < -0.39 is 11.9 Å². The van der Waals surface area contributed by atoms with Gasteiger partial charge in [0.15, 0.2) is 0 Å². The number of aromatic nitrogens is 2. The van der Waals surface area contributed by atoms with Gasteiger partial charge in [0.2, 0.25) is 11.8 Å². The number of ether oxygens (including phenoxy) is 1. The SMILES string of the molecule is Cn1c(=O)n(C2CCC(=O)NC2=O)c2ccc(CCCOC3CCNCC3)cc21. The van der Waals surface area contributed by atoms with E-state index in [1.165, 1.54) is 4.57 Å². The van der Waals surface area contributed by atoms with Crippen molar-refractivity contribution in [2.75, 3.05) is 19.7 Å². The first-order chi connectivity index (χ1) is 14.0. The molecule has 0 spiro atoms. The summed E-state index contributed by atoms with van der Waals surface area (Å²) >= 11 is 0. The number of imide groups is 1. The van der Waals surface area contributed by atoms with Gasteiger partial charge in [0.05, 0.1) is 17.1 Å². The van der Waals surface area contributed by atoms with Crippen molar-refractivity contribution in [2.24, 2.45) is 7.05 Å². The summed E-state index contributed by atoms with van der Waals surface area (Å²) in [6.07, 6.45) is 4.90. The van der Waals surface area contributed by atoms with Crippen LogP contribution in [0.5, 0.6) is 0 Å². The Morgan fingerprint density at radius 1 is 1.10 bits per heavy atom. The van der Waals surface area contributed by atoms with Gasteiger partial charge in [0.1, 0.15) is 6.04 Å². The molecule has 2 aromatic rings. The zero-order valence-corrected chi connectivity index (χ0v) is 16.8. The minimum atomic E-state index is -0.645. The average Bonchev–Trinajstić information content (AvgIpc) is 2.97. The number of fused-ring (bicyclic) bond motifs is 1. The minimum Gasteiger partial charge on any atom is -0.378 e. The molecular weight excluding hydrogens is 372 g/mol. The van der Waals surface area contributed by atoms with Gasteiger partial charge < -0.3 is 10.1 Å². The number of benzene rings is 1. The molecule has 2 saturated heterocycles. The van der Waals surface area contributed by atoms with E-state index >= 15 is 0 Å². The molecular formula is C21H28N4O4. The molecule has 2 aliphatic rings. The number of piperidine rings is 2. The maximum absolute atomic E-state index is 12.8. The lowest BCUT2D eigenvalue weighted by Gasteiger charge is -2.22. The molecule has 1 atom stereocenters. The molecule has 3 heterocycles. The maximum Gasteiger partial charge on any atom is 0.329 e. The summed E-state index contributed by atoms with van der Waals surface area (Å²) in [6.45, 7) is 2.79. The zero-order chi connectivity index (χ0) is 20.4. The van der Waals surface area contributed by atoms with Crippen LogP contribution in [0.1, 0.15) is 43.7 Å². The first-order valence-electron chi connectivity index (χ1n) is 10.4. The molecule has 4 rings (SSSR count). The summed E-state index contributed by atoms with van der Waals surface area (Å²) in [5.41, 5.74) is 2.43. The maximum atomic E-state index is 12.8. The molecule has 156 valence electrons. The molecule has 8 nitrogen and oxygen atoms in total. The quantitative estimate of drug-likeness (QED) is 0.558. The Bertz CT molecular complexity index is 971. The van der Waals surface area contributed by atoms with E-state index in [9.17, 15) is 14.4 Å². The van der Waals surface area contributed by atoms with Crippen molar-refractivity contribution in [3.63, 3.8) is 0 Å². The molecule has 0 bridgehead atoms. The number of rotatable bonds is 6. The lowest BCUT2D eigenvalue weighted by Crippen LogP contribution is -2.44. The van der Waals surface area contributed by atoms with Crippen LogP contribution in [-0.2, 0) is 27.8 Å². The molecule has 0 radical (unpaired) electrons. The number of amides is 2. The molecule has 8 heteroatoms. The summed E-state index contributed by atoms with van der Waals surface area (Å²) in [5, 5.41) is 5.67. The first kappa shape index (κ1) is 19.8. The third-order valence-corrected chi connectivity index (χ3v) is 5.93. The standard InChI is InChI=1S/C21H28N4O4/c1-24-18-13-14(3-2-12-29-15-8-10-22-11-9-15)4-5-16(18)25(21(24)28)17-6-7-19(26)23-20(17)27/h4-5,13,15,17,22H,2-3,6-12H2,1H3,(H,23,26,27). The highest BCUT2D eigenvalue weighted by molar-refractivity contribution is 6.00.